The number of nitrogens with zero attached hydrogens (tertiary/aromatic N) is 1. The van der Waals surface area contributed by atoms with E-state index in [0.29, 0.717) is 34.5 Å². The molecule has 3 heterocycles. The number of carbonyl (C=O) groups is 1. The number of ether oxygens (including phenoxy) is 4. The second-order valence-electron chi connectivity index (χ2n) is 5.96. The molecule has 3 aliphatic rings. The van der Waals surface area contributed by atoms with Gasteiger partial charge in [-0.15, -0.1) is 0 Å². The van der Waals surface area contributed by atoms with E-state index in [-0.39, 0.29) is 12.5 Å². The Morgan fingerprint density at radius 2 is 1.81 bits per heavy atom. The molecule has 0 fully saturated rings. The largest absolute Gasteiger partial charge is 0.456 e. The van der Waals surface area contributed by atoms with Crippen molar-refractivity contribution in [1.29, 1.82) is 0 Å². The Labute approximate surface area is 149 Å². The predicted octanol–water partition coefficient (Wildman–Crippen LogP) is 3.54. The van der Waals surface area contributed by atoms with Gasteiger partial charge in [0.15, 0.2) is 23.1 Å². The summed E-state index contributed by atoms with van der Waals surface area (Å²) in [5.74, 6) is 2.47. The van der Waals surface area contributed by atoms with Gasteiger partial charge in [-0.2, -0.15) is 0 Å². The Morgan fingerprint density at radius 1 is 0.962 bits per heavy atom. The van der Waals surface area contributed by atoms with Gasteiger partial charge < -0.3 is 18.9 Å². The Kier molecular flexibility index (Phi) is 3.12. The van der Waals surface area contributed by atoms with Gasteiger partial charge in [-0.3, -0.25) is 0 Å². The number of carbonyl (C=O) groups excluding carboxylic acids is 1. The maximum atomic E-state index is 12.2. The van der Waals surface area contributed by atoms with Crippen molar-refractivity contribution in [3.8, 4) is 17.2 Å². The Morgan fingerprint density at radius 3 is 2.65 bits per heavy atom. The molecule has 0 saturated heterocycles. The number of hydrogen-bond acceptors (Lipinski definition) is 6. The SMILES string of the molecule is CC1=N/C(=C2/C=C(c3ccc4c(c3)OCO4)Oc3ccccc32)C(=O)O1. The zero-order valence-electron chi connectivity index (χ0n) is 13.8. The molecular formula is C20H13NO5. The van der Waals surface area contributed by atoms with Crippen molar-refractivity contribution in [2.24, 2.45) is 4.99 Å². The number of hydrogen-bond donors (Lipinski definition) is 0. The molecule has 5 rings (SSSR count). The van der Waals surface area contributed by atoms with Gasteiger partial charge in [-0.05, 0) is 30.3 Å². The summed E-state index contributed by atoms with van der Waals surface area (Å²) in [5, 5.41) is 0. The first-order valence-corrected chi connectivity index (χ1v) is 8.10. The van der Waals surface area contributed by atoms with Gasteiger partial charge >= 0.3 is 5.97 Å². The minimum Gasteiger partial charge on any atom is -0.456 e. The molecule has 0 N–H and O–H groups in total. The summed E-state index contributed by atoms with van der Waals surface area (Å²) in [6.45, 7) is 1.86. The lowest BCUT2D eigenvalue weighted by Crippen LogP contribution is -2.07. The minimum atomic E-state index is -0.463. The van der Waals surface area contributed by atoms with Crippen molar-refractivity contribution in [2.75, 3.05) is 6.79 Å². The van der Waals surface area contributed by atoms with Crippen molar-refractivity contribution >= 4 is 23.2 Å². The summed E-state index contributed by atoms with van der Waals surface area (Å²) in [6.07, 6.45) is 1.80. The van der Waals surface area contributed by atoms with Gasteiger partial charge in [0.25, 0.3) is 0 Å². The van der Waals surface area contributed by atoms with E-state index in [2.05, 4.69) is 4.99 Å². The molecule has 0 radical (unpaired) electrons. The molecule has 128 valence electrons. The van der Waals surface area contributed by atoms with Crippen LogP contribution in [0.5, 0.6) is 17.2 Å². The number of aliphatic imine (C=N–C) groups is 1. The van der Waals surface area contributed by atoms with E-state index in [0.717, 1.165) is 11.1 Å². The lowest BCUT2D eigenvalue weighted by atomic mass is 9.97. The second kappa shape index (κ2) is 5.49. The molecule has 6 heteroatoms. The van der Waals surface area contributed by atoms with Gasteiger partial charge in [-0.1, -0.05) is 18.2 Å². The maximum Gasteiger partial charge on any atom is 0.364 e. The molecule has 2 aromatic rings. The average molecular weight is 347 g/mol. The molecule has 26 heavy (non-hydrogen) atoms. The third-order valence-electron chi connectivity index (χ3n) is 4.29. The Bertz CT molecular complexity index is 1050. The van der Waals surface area contributed by atoms with Crippen LogP contribution in [-0.2, 0) is 9.53 Å². The third kappa shape index (κ3) is 2.27. The van der Waals surface area contributed by atoms with E-state index >= 15 is 0 Å². The summed E-state index contributed by atoms with van der Waals surface area (Å²) in [4.78, 5) is 16.4. The van der Waals surface area contributed by atoms with Crippen LogP contribution in [0.1, 0.15) is 18.1 Å². The third-order valence-corrected chi connectivity index (χ3v) is 4.29. The van der Waals surface area contributed by atoms with Crippen molar-refractivity contribution in [3.05, 3.63) is 65.4 Å². The van der Waals surface area contributed by atoms with Crippen LogP contribution in [0.3, 0.4) is 0 Å². The first kappa shape index (κ1) is 14.8. The molecule has 0 spiro atoms. The van der Waals surface area contributed by atoms with Gasteiger partial charge in [0, 0.05) is 23.6 Å². The quantitative estimate of drug-likeness (QED) is 0.583. The Hall–Kier alpha value is -3.54. The fourth-order valence-corrected chi connectivity index (χ4v) is 3.10. The highest BCUT2D eigenvalue weighted by Crippen LogP contribution is 2.41. The van der Waals surface area contributed by atoms with Crippen molar-refractivity contribution < 1.29 is 23.7 Å². The van der Waals surface area contributed by atoms with Gasteiger partial charge in [0.1, 0.15) is 11.5 Å². The fraction of sp³-hybridized carbons (Fsp3) is 0.100. The molecule has 0 amide bonds. The van der Waals surface area contributed by atoms with Gasteiger partial charge in [-0.25, -0.2) is 9.79 Å². The van der Waals surface area contributed by atoms with Crippen molar-refractivity contribution in [3.63, 3.8) is 0 Å². The molecule has 0 bridgehead atoms. The summed E-state index contributed by atoms with van der Waals surface area (Å²) >= 11 is 0. The zero-order chi connectivity index (χ0) is 17.7. The Balaban J connectivity index is 1.68. The molecular weight excluding hydrogens is 334 g/mol. The van der Waals surface area contributed by atoms with Crippen LogP contribution >= 0.6 is 0 Å². The molecule has 2 aromatic carbocycles. The van der Waals surface area contributed by atoms with Crippen LogP contribution in [0.4, 0.5) is 0 Å². The molecule has 0 unspecified atom stereocenters. The van der Waals surface area contributed by atoms with E-state index < -0.39 is 5.97 Å². The highest BCUT2D eigenvalue weighted by molar-refractivity contribution is 6.11. The van der Waals surface area contributed by atoms with Crippen molar-refractivity contribution in [2.45, 2.75) is 6.92 Å². The molecule has 6 nitrogen and oxygen atoms in total. The first-order valence-electron chi connectivity index (χ1n) is 8.10. The van der Waals surface area contributed by atoms with Crippen LogP contribution in [0.15, 0.2) is 59.2 Å². The lowest BCUT2D eigenvalue weighted by molar-refractivity contribution is -0.130. The zero-order valence-corrected chi connectivity index (χ0v) is 13.8. The fourth-order valence-electron chi connectivity index (χ4n) is 3.10. The predicted molar refractivity (Wildman–Crippen MR) is 93.7 cm³/mol. The van der Waals surface area contributed by atoms with E-state index in [1.54, 1.807) is 13.0 Å². The number of cyclic esters (lactones) is 1. The highest BCUT2D eigenvalue weighted by Gasteiger charge is 2.29. The summed E-state index contributed by atoms with van der Waals surface area (Å²) in [5.41, 5.74) is 2.55. The first-order chi connectivity index (χ1) is 12.7. The number of fused-ring (bicyclic) bond motifs is 2. The summed E-state index contributed by atoms with van der Waals surface area (Å²) in [7, 11) is 0. The normalized spacial score (nSPS) is 20.1. The van der Waals surface area contributed by atoms with Crippen LogP contribution in [0.25, 0.3) is 11.3 Å². The number of esters is 1. The second-order valence-corrected chi connectivity index (χ2v) is 5.96. The van der Waals surface area contributed by atoms with Crippen LogP contribution in [0, 0.1) is 0 Å². The molecule has 0 aliphatic carbocycles. The maximum absolute atomic E-state index is 12.2. The standard InChI is InChI=1S/C20H13NO5/c1-11-21-19(20(22)25-11)14-9-17(26-15-5-3-2-4-13(14)15)12-6-7-16-18(8-12)24-10-23-16/h2-9H,10H2,1H3/b19-14-. The van der Waals surface area contributed by atoms with E-state index in [1.807, 2.05) is 42.5 Å². The number of allylic oxidation sites excluding steroid dienone is 2. The number of para-hydroxylation sites is 1. The van der Waals surface area contributed by atoms with Gasteiger partial charge in [0.2, 0.25) is 6.79 Å². The van der Waals surface area contributed by atoms with E-state index in [9.17, 15) is 4.79 Å². The average Bonchev–Trinajstić information content (AvgIpc) is 3.25. The number of benzene rings is 2. The topological polar surface area (TPSA) is 66.3 Å². The smallest absolute Gasteiger partial charge is 0.364 e. The number of rotatable bonds is 1. The monoisotopic (exact) mass is 347 g/mol. The molecule has 3 aliphatic heterocycles. The molecule has 0 saturated carbocycles. The van der Waals surface area contributed by atoms with Crippen LogP contribution < -0.4 is 14.2 Å². The van der Waals surface area contributed by atoms with Crippen LogP contribution in [-0.4, -0.2) is 18.7 Å². The van der Waals surface area contributed by atoms with E-state index in [4.69, 9.17) is 18.9 Å². The van der Waals surface area contributed by atoms with E-state index in [1.165, 1.54) is 0 Å². The molecule has 0 atom stereocenters. The minimum absolute atomic E-state index is 0.205. The lowest BCUT2D eigenvalue weighted by Gasteiger charge is -2.20. The summed E-state index contributed by atoms with van der Waals surface area (Å²) < 4.78 is 21.9. The van der Waals surface area contributed by atoms with Crippen LogP contribution in [0.2, 0.25) is 0 Å². The molecule has 0 aromatic heterocycles. The highest BCUT2D eigenvalue weighted by atomic mass is 16.7. The summed E-state index contributed by atoms with van der Waals surface area (Å²) in [6, 6.07) is 13.1. The van der Waals surface area contributed by atoms with Crippen molar-refractivity contribution in [1.82, 2.24) is 0 Å². The van der Waals surface area contributed by atoms with Gasteiger partial charge in [0.05, 0.1) is 0 Å².